The number of aromatic nitrogens is 2. The van der Waals surface area contributed by atoms with Gasteiger partial charge in [0.15, 0.2) is 0 Å². The van der Waals surface area contributed by atoms with Gasteiger partial charge in [-0.2, -0.15) is 13.2 Å². The van der Waals surface area contributed by atoms with Gasteiger partial charge in [-0.25, -0.2) is 9.97 Å². The fourth-order valence-electron chi connectivity index (χ4n) is 3.69. The third kappa shape index (κ3) is 5.54. The van der Waals surface area contributed by atoms with Crippen LogP contribution < -0.4 is 10.2 Å². The molecule has 1 N–H and O–H groups in total. The number of anilines is 1. The number of likely N-dealkylation sites (tertiary alicyclic amines) is 1. The molecule has 1 aliphatic heterocycles. The summed E-state index contributed by atoms with van der Waals surface area (Å²) in [5, 5.41) is 2.51. The summed E-state index contributed by atoms with van der Waals surface area (Å²) < 4.78 is 38.8. The van der Waals surface area contributed by atoms with Crippen molar-refractivity contribution in [2.45, 2.75) is 31.9 Å². The van der Waals surface area contributed by atoms with Gasteiger partial charge in [0.1, 0.15) is 0 Å². The molecule has 10 heteroatoms. The Morgan fingerprint density at radius 2 is 1.78 bits per heavy atom. The lowest BCUT2D eigenvalue weighted by Gasteiger charge is -2.32. The Bertz CT molecular complexity index is 969. The Labute approximate surface area is 184 Å². The summed E-state index contributed by atoms with van der Waals surface area (Å²) in [6.45, 7) is 2.35. The molecule has 0 unspecified atom stereocenters. The molecule has 0 saturated carbocycles. The zero-order valence-corrected chi connectivity index (χ0v) is 18.2. The van der Waals surface area contributed by atoms with Crippen LogP contribution in [-0.2, 0) is 15.8 Å². The molecule has 7 nitrogen and oxygen atoms in total. The van der Waals surface area contributed by atoms with Crippen LogP contribution in [0, 0.1) is 0 Å². The van der Waals surface area contributed by atoms with Gasteiger partial charge in [0.25, 0.3) is 0 Å². The average molecular weight is 449 g/mol. The van der Waals surface area contributed by atoms with Crippen LogP contribution in [0.15, 0.2) is 30.5 Å². The minimum atomic E-state index is -4.40. The highest BCUT2D eigenvalue weighted by atomic mass is 19.4. The van der Waals surface area contributed by atoms with Crippen molar-refractivity contribution in [3.63, 3.8) is 0 Å². The number of carbonyl (C=O) groups is 2. The maximum Gasteiger partial charge on any atom is 0.416 e. The molecular formula is C22H26F3N5O2. The van der Waals surface area contributed by atoms with Crippen LogP contribution in [0.3, 0.4) is 0 Å². The molecule has 3 rings (SSSR count). The molecule has 0 spiro atoms. The van der Waals surface area contributed by atoms with Gasteiger partial charge in [-0.3, -0.25) is 9.59 Å². The lowest BCUT2D eigenvalue weighted by molar-refractivity contribution is -0.137. The van der Waals surface area contributed by atoms with Gasteiger partial charge in [-0.05, 0) is 30.5 Å². The molecule has 32 heavy (non-hydrogen) atoms. The van der Waals surface area contributed by atoms with Gasteiger partial charge >= 0.3 is 6.18 Å². The van der Waals surface area contributed by atoms with E-state index in [0.29, 0.717) is 43.0 Å². The number of hydrogen-bond donors (Lipinski definition) is 1. The van der Waals surface area contributed by atoms with Crippen molar-refractivity contribution >= 4 is 17.8 Å². The van der Waals surface area contributed by atoms with E-state index >= 15 is 0 Å². The van der Waals surface area contributed by atoms with E-state index in [1.54, 1.807) is 16.0 Å². The van der Waals surface area contributed by atoms with Crippen LogP contribution in [0.2, 0.25) is 0 Å². The number of alkyl halides is 3. The number of carbonyl (C=O) groups excluding carboxylic acids is 2. The summed E-state index contributed by atoms with van der Waals surface area (Å²) in [4.78, 5) is 35.9. The van der Waals surface area contributed by atoms with E-state index in [1.165, 1.54) is 19.1 Å². The third-order valence-electron chi connectivity index (χ3n) is 5.45. The van der Waals surface area contributed by atoms with Crippen molar-refractivity contribution in [2.75, 3.05) is 38.6 Å². The quantitative estimate of drug-likeness (QED) is 0.759. The van der Waals surface area contributed by atoms with E-state index in [9.17, 15) is 22.8 Å². The van der Waals surface area contributed by atoms with E-state index in [1.807, 2.05) is 14.1 Å². The molecule has 2 aromatic rings. The SMILES string of the molecule is CC(=O)NCC(=O)N1CCC(c2nc(N(C)C)ncc2-c2ccc(C(F)(F)F)cc2)CC1. The second kappa shape index (κ2) is 9.54. The van der Waals surface area contributed by atoms with E-state index in [0.717, 1.165) is 17.8 Å². The molecule has 1 aliphatic rings. The van der Waals surface area contributed by atoms with Crippen molar-refractivity contribution < 1.29 is 22.8 Å². The first-order valence-corrected chi connectivity index (χ1v) is 10.3. The lowest BCUT2D eigenvalue weighted by atomic mass is 9.88. The van der Waals surface area contributed by atoms with Crippen LogP contribution >= 0.6 is 0 Å². The summed E-state index contributed by atoms with van der Waals surface area (Å²) in [7, 11) is 3.64. The largest absolute Gasteiger partial charge is 0.416 e. The second-order valence-electron chi connectivity index (χ2n) is 8.00. The van der Waals surface area contributed by atoms with Gasteiger partial charge in [0.05, 0.1) is 17.8 Å². The van der Waals surface area contributed by atoms with Gasteiger partial charge in [-0.15, -0.1) is 0 Å². The van der Waals surface area contributed by atoms with Crippen LogP contribution in [0.1, 0.15) is 36.9 Å². The number of halogens is 3. The van der Waals surface area contributed by atoms with Gasteiger partial charge < -0.3 is 15.1 Å². The molecule has 172 valence electrons. The van der Waals surface area contributed by atoms with Gasteiger partial charge in [0.2, 0.25) is 17.8 Å². The summed E-state index contributed by atoms with van der Waals surface area (Å²) in [5.41, 5.74) is 1.35. The first-order chi connectivity index (χ1) is 15.1. The minimum Gasteiger partial charge on any atom is -0.347 e. The van der Waals surface area contributed by atoms with Gasteiger partial charge in [0, 0.05) is 51.8 Å². The normalized spacial score (nSPS) is 14.9. The molecule has 1 aromatic heterocycles. The van der Waals surface area contributed by atoms with Crippen LogP contribution in [0.25, 0.3) is 11.1 Å². The average Bonchev–Trinajstić information content (AvgIpc) is 2.76. The predicted octanol–water partition coefficient (Wildman–Crippen LogP) is 3.07. The maximum atomic E-state index is 12.9. The Balaban J connectivity index is 1.83. The number of piperidine rings is 1. The van der Waals surface area contributed by atoms with Crippen molar-refractivity contribution in [1.29, 1.82) is 0 Å². The fourth-order valence-corrected chi connectivity index (χ4v) is 3.69. The molecule has 0 aliphatic carbocycles. The summed E-state index contributed by atoms with van der Waals surface area (Å²) >= 11 is 0. The minimum absolute atomic E-state index is 0.0267. The third-order valence-corrected chi connectivity index (χ3v) is 5.45. The smallest absolute Gasteiger partial charge is 0.347 e. The topological polar surface area (TPSA) is 78.4 Å². The molecule has 0 bridgehead atoms. The monoisotopic (exact) mass is 449 g/mol. The molecule has 1 saturated heterocycles. The number of nitrogens with one attached hydrogen (secondary N) is 1. The van der Waals surface area contributed by atoms with E-state index in [-0.39, 0.29) is 24.3 Å². The Hall–Kier alpha value is -3.17. The number of benzene rings is 1. The zero-order chi connectivity index (χ0) is 23.5. The molecule has 0 atom stereocenters. The molecule has 1 fully saturated rings. The van der Waals surface area contributed by atoms with Crippen molar-refractivity contribution in [3.05, 3.63) is 41.7 Å². The Morgan fingerprint density at radius 3 is 2.31 bits per heavy atom. The predicted molar refractivity (Wildman–Crippen MR) is 114 cm³/mol. The summed E-state index contributed by atoms with van der Waals surface area (Å²) in [5.74, 6) is 0.142. The summed E-state index contributed by atoms with van der Waals surface area (Å²) in [6, 6.07) is 4.99. The number of rotatable bonds is 5. The zero-order valence-electron chi connectivity index (χ0n) is 18.2. The van der Waals surface area contributed by atoms with Crippen molar-refractivity contribution in [1.82, 2.24) is 20.2 Å². The summed E-state index contributed by atoms with van der Waals surface area (Å²) in [6.07, 6.45) is -1.44. The highest BCUT2D eigenvalue weighted by Crippen LogP contribution is 2.36. The maximum absolute atomic E-state index is 12.9. The first kappa shape index (κ1) is 23.5. The number of nitrogens with zero attached hydrogens (tertiary/aromatic N) is 4. The van der Waals surface area contributed by atoms with E-state index < -0.39 is 11.7 Å². The molecule has 0 radical (unpaired) electrons. The van der Waals surface area contributed by atoms with Crippen molar-refractivity contribution in [2.24, 2.45) is 0 Å². The number of amides is 2. The molecule has 2 amide bonds. The molecular weight excluding hydrogens is 423 g/mol. The first-order valence-electron chi connectivity index (χ1n) is 10.3. The lowest BCUT2D eigenvalue weighted by Crippen LogP contribution is -2.43. The van der Waals surface area contributed by atoms with Crippen LogP contribution in [0.4, 0.5) is 19.1 Å². The van der Waals surface area contributed by atoms with Crippen LogP contribution in [0.5, 0.6) is 0 Å². The standard InChI is InChI=1S/C22H26F3N5O2/c1-14(31)26-13-19(32)30-10-8-16(9-11-30)20-18(12-27-21(28-20)29(2)3)15-4-6-17(7-5-15)22(23,24)25/h4-7,12,16H,8-11,13H2,1-3H3,(H,26,31). The van der Waals surface area contributed by atoms with Crippen LogP contribution in [-0.4, -0.2) is 60.4 Å². The van der Waals surface area contributed by atoms with Crippen molar-refractivity contribution in [3.8, 4) is 11.1 Å². The van der Waals surface area contributed by atoms with E-state index in [2.05, 4.69) is 10.3 Å². The Kier molecular flexibility index (Phi) is 7.00. The highest BCUT2D eigenvalue weighted by Gasteiger charge is 2.31. The fraction of sp³-hybridized carbons (Fsp3) is 0.455. The molecule has 1 aromatic carbocycles. The number of hydrogen-bond acceptors (Lipinski definition) is 5. The molecule has 2 heterocycles. The Morgan fingerprint density at radius 1 is 1.16 bits per heavy atom. The van der Waals surface area contributed by atoms with Gasteiger partial charge in [-0.1, -0.05) is 12.1 Å². The second-order valence-corrected chi connectivity index (χ2v) is 8.00. The van der Waals surface area contributed by atoms with E-state index in [4.69, 9.17) is 4.98 Å². The highest BCUT2D eigenvalue weighted by molar-refractivity contribution is 5.83.